The van der Waals surface area contributed by atoms with Gasteiger partial charge in [0.25, 0.3) is 5.91 Å². The molecule has 42 heavy (non-hydrogen) atoms. The summed E-state index contributed by atoms with van der Waals surface area (Å²) in [6.07, 6.45) is 3.49. The SMILES string of the molecule is COCC(=O)N1[C@H](C)CN(Cc2cnc(NC(=O)/C(=N/O[C@@H]3CCOC3)c3ccc(S(=O)(=O)C4CC4)cc3)s2)C[C@@H]1C. The molecule has 5 rings (SSSR count). The van der Waals surface area contributed by atoms with Crippen molar-refractivity contribution in [1.29, 1.82) is 0 Å². The third kappa shape index (κ3) is 7.17. The Morgan fingerprint density at radius 2 is 1.86 bits per heavy atom. The van der Waals surface area contributed by atoms with Crippen molar-refractivity contribution in [3.63, 3.8) is 0 Å². The van der Waals surface area contributed by atoms with Crippen LogP contribution in [0.3, 0.4) is 0 Å². The second-order valence-electron chi connectivity index (χ2n) is 11.0. The molecule has 3 heterocycles. The lowest BCUT2D eigenvalue weighted by atomic mass is 10.1. The zero-order chi connectivity index (χ0) is 29.9. The number of hydrogen-bond acceptors (Lipinski definition) is 11. The highest BCUT2D eigenvalue weighted by molar-refractivity contribution is 7.92. The third-order valence-corrected chi connectivity index (χ3v) is 10.7. The van der Waals surface area contributed by atoms with Crippen molar-refractivity contribution >= 4 is 43.8 Å². The highest BCUT2D eigenvalue weighted by Crippen LogP contribution is 2.33. The van der Waals surface area contributed by atoms with E-state index in [0.29, 0.717) is 62.8 Å². The minimum Gasteiger partial charge on any atom is -0.389 e. The Bertz CT molecular complexity index is 1390. The number of sulfone groups is 1. The molecule has 0 radical (unpaired) electrons. The second-order valence-corrected chi connectivity index (χ2v) is 14.4. The van der Waals surface area contributed by atoms with Crippen molar-refractivity contribution in [3.8, 4) is 0 Å². The number of piperazine rings is 1. The highest BCUT2D eigenvalue weighted by Gasteiger charge is 2.37. The molecule has 0 unspecified atom stereocenters. The number of nitrogens with zero attached hydrogens (tertiary/aromatic N) is 4. The van der Waals surface area contributed by atoms with Gasteiger partial charge in [-0.2, -0.15) is 0 Å². The number of nitrogens with one attached hydrogen (secondary N) is 1. The Balaban J connectivity index is 1.25. The van der Waals surface area contributed by atoms with E-state index in [2.05, 4.69) is 20.4 Å². The summed E-state index contributed by atoms with van der Waals surface area (Å²) in [6, 6.07) is 6.26. The van der Waals surface area contributed by atoms with Crippen molar-refractivity contribution < 1.29 is 32.3 Å². The van der Waals surface area contributed by atoms with Gasteiger partial charge in [0.15, 0.2) is 26.8 Å². The van der Waals surface area contributed by atoms with Crippen LogP contribution < -0.4 is 5.32 Å². The number of methoxy groups -OCH3 is 1. The van der Waals surface area contributed by atoms with E-state index in [1.807, 2.05) is 18.7 Å². The fraction of sp³-hybridized carbons (Fsp3) is 0.571. The van der Waals surface area contributed by atoms with Crippen molar-refractivity contribution in [3.05, 3.63) is 40.9 Å². The van der Waals surface area contributed by atoms with Crippen LogP contribution in [0.5, 0.6) is 0 Å². The van der Waals surface area contributed by atoms with Crippen LogP contribution in [0.25, 0.3) is 0 Å². The molecule has 2 aliphatic heterocycles. The van der Waals surface area contributed by atoms with Crippen molar-refractivity contribution in [2.24, 2.45) is 5.16 Å². The molecule has 12 nitrogen and oxygen atoms in total. The van der Waals surface area contributed by atoms with E-state index in [9.17, 15) is 18.0 Å². The maximum Gasteiger partial charge on any atom is 0.280 e. The number of rotatable bonds is 11. The van der Waals surface area contributed by atoms with E-state index in [1.54, 1.807) is 18.3 Å². The molecule has 0 spiro atoms. The van der Waals surface area contributed by atoms with Crippen LogP contribution in [-0.2, 0) is 40.3 Å². The van der Waals surface area contributed by atoms with Crippen molar-refractivity contribution in [2.75, 3.05) is 45.3 Å². The van der Waals surface area contributed by atoms with Gasteiger partial charge in [-0.05, 0) is 38.8 Å². The first kappa shape index (κ1) is 30.5. The number of hydrogen-bond donors (Lipinski definition) is 1. The number of carbonyl (C=O) groups is 2. The van der Waals surface area contributed by atoms with Gasteiger partial charge in [-0.1, -0.05) is 17.3 Å². The lowest BCUT2D eigenvalue weighted by Crippen LogP contribution is -2.58. The van der Waals surface area contributed by atoms with Gasteiger partial charge in [0.05, 0.1) is 23.4 Å². The summed E-state index contributed by atoms with van der Waals surface area (Å²) < 4.78 is 35.6. The lowest BCUT2D eigenvalue weighted by molar-refractivity contribution is -0.143. The molecular weight excluding hydrogens is 582 g/mol. The van der Waals surface area contributed by atoms with Crippen LogP contribution in [0.15, 0.2) is 40.5 Å². The molecule has 2 saturated heterocycles. The number of amides is 2. The normalized spacial score (nSPS) is 23.6. The van der Waals surface area contributed by atoms with Crippen LogP contribution in [0.4, 0.5) is 5.13 Å². The smallest absolute Gasteiger partial charge is 0.280 e. The largest absolute Gasteiger partial charge is 0.389 e. The molecule has 1 aromatic heterocycles. The number of benzene rings is 1. The summed E-state index contributed by atoms with van der Waals surface area (Å²) in [5, 5.41) is 7.08. The van der Waals surface area contributed by atoms with Gasteiger partial charge in [0.1, 0.15) is 6.61 Å². The predicted octanol–water partition coefficient (Wildman–Crippen LogP) is 2.30. The quantitative estimate of drug-likeness (QED) is 0.296. The van der Waals surface area contributed by atoms with Gasteiger partial charge in [0, 0.05) is 61.9 Å². The molecule has 1 N–H and O–H groups in total. The Morgan fingerprint density at radius 1 is 1.14 bits per heavy atom. The Morgan fingerprint density at radius 3 is 2.48 bits per heavy atom. The first-order valence-electron chi connectivity index (χ1n) is 14.1. The maximum atomic E-state index is 13.4. The van der Waals surface area contributed by atoms with E-state index >= 15 is 0 Å². The number of oxime groups is 1. The van der Waals surface area contributed by atoms with E-state index in [1.165, 1.54) is 30.6 Å². The van der Waals surface area contributed by atoms with Gasteiger partial charge in [-0.15, -0.1) is 11.3 Å². The molecule has 0 bridgehead atoms. The molecule has 1 aliphatic carbocycles. The van der Waals surface area contributed by atoms with Gasteiger partial charge < -0.3 is 19.2 Å². The summed E-state index contributed by atoms with van der Waals surface area (Å²) in [6.45, 7) is 7.15. The van der Waals surface area contributed by atoms with Crippen LogP contribution in [0.2, 0.25) is 0 Å². The van der Waals surface area contributed by atoms with E-state index < -0.39 is 15.7 Å². The minimum atomic E-state index is -3.35. The molecule has 3 aliphatic rings. The van der Waals surface area contributed by atoms with Crippen molar-refractivity contribution in [2.45, 2.75) is 68.0 Å². The Labute approximate surface area is 249 Å². The average molecular weight is 620 g/mol. The summed E-state index contributed by atoms with van der Waals surface area (Å²) in [5.41, 5.74) is 0.454. The van der Waals surface area contributed by atoms with E-state index in [-0.39, 0.29) is 46.6 Å². The van der Waals surface area contributed by atoms with E-state index in [4.69, 9.17) is 14.3 Å². The number of anilines is 1. The molecule has 2 amide bonds. The maximum absolute atomic E-state index is 13.4. The molecule has 2 aromatic rings. The van der Waals surface area contributed by atoms with Crippen LogP contribution in [0, 0.1) is 0 Å². The molecule has 1 saturated carbocycles. The minimum absolute atomic E-state index is 0.0129. The number of carbonyl (C=O) groups excluding carboxylic acids is 2. The Hall–Kier alpha value is -2.91. The average Bonchev–Trinajstić information content (AvgIpc) is 3.53. The lowest BCUT2D eigenvalue weighted by Gasteiger charge is -2.44. The molecule has 14 heteroatoms. The van der Waals surface area contributed by atoms with Crippen LogP contribution in [0.1, 0.15) is 43.6 Å². The van der Waals surface area contributed by atoms with Gasteiger partial charge in [0.2, 0.25) is 5.91 Å². The first-order valence-corrected chi connectivity index (χ1v) is 16.5. The summed E-state index contributed by atoms with van der Waals surface area (Å²) in [4.78, 5) is 41.2. The molecule has 3 atom stereocenters. The summed E-state index contributed by atoms with van der Waals surface area (Å²) >= 11 is 1.36. The predicted molar refractivity (Wildman–Crippen MR) is 157 cm³/mol. The topological polar surface area (TPSA) is 140 Å². The number of thiazole rings is 1. The van der Waals surface area contributed by atoms with E-state index in [0.717, 1.165) is 4.88 Å². The molecule has 3 fully saturated rings. The second kappa shape index (κ2) is 13.2. The zero-order valence-electron chi connectivity index (χ0n) is 24.0. The Kier molecular flexibility index (Phi) is 9.57. The van der Waals surface area contributed by atoms with Gasteiger partial charge >= 0.3 is 0 Å². The monoisotopic (exact) mass is 619 g/mol. The van der Waals surface area contributed by atoms with Crippen molar-refractivity contribution in [1.82, 2.24) is 14.8 Å². The third-order valence-electron chi connectivity index (χ3n) is 7.52. The van der Waals surface area contributed by atoms with Gasteiger partial charge in [-0.25, -0.2) is 13.4 Å². The summed E-state index contributed by atoms with van der Waals surface area (Å²) in [7, 11) is -1.83. The standard InChI is InChI=1S/C28H37N5O7S2/c1-18-13-32(14-19(2)33(18)25(34)17-38-3)15-22-12-29-28(41-22)30-27(35)26(31-40-21-10-11-39-16-21)20-4-6-23(7-5-20)42(36,37)24-8-9-24/h4-7,12,18-19,21,24H,8-11,13-17H2,1-3H3,(H,29,30,35)/b31-26+/t18-,19+,21-/m1/s1. The molecular formula is C28H37N5O7S2. The molecule has 228 valence electrons. The first-order chi connectivity index (χ1) is 20.2. The fourth-order valence-corrected chi connectivity index (χ4v) is 7.89. The number of aromatic nitrogens is 1. The van der Waals surface area contributed by atoms with Crippen LogP contribution in [-0.4, -0.2) is 104 Å². The fourth-order valence-electron chi connectivity index (χ4n) is 5.39. The number of ether oxygens (including phenoxy) is 2. The highest BCUT2D eigenvalue weighted by atomic mass is 32.2. The van der Waals surface area contributed by atoms with Gasteiger partial charge in [-0.3, -0.25) is 19.8 Å². The molecule has 1 aromatic carbocycles. The zero-order valence-corrected chi connectivity index (χ0v) is 25.7. The summed E-state index contributed by atoms with van der Waals surface area (Å²) in [5.74, 6) is -0.527. The van der Waals surface area contributed by atoms with Crippen LogP contribution >= 0.6 is 11.3 Å².